The summed E-state index contributed by atoms with van der Waals surface area (Å²) in [7, 11) is 0. The Balaban J connectivity index is -0.00000000762. The van der Waals surface area contributed by atoms with Gasteiger partial charge in [0.05, 0.1) is 0 Å². The normalized spacial score (nSPS) is 1.78. The third kappa shape index (κ3) is 239. The molecule has 6 heteroatoms. The van der Waals surface area contributed by atoms with Gasteiger partial charge in [-0.1, -0.05) is 5.59 Å². The zero-order chi connectivity index (χ0) is 8.00. The molecule has 1 N–H and O–H groups in total. The maximum absolute atomic E-state index is 7.75. The van der Waals surface area contributed by atoms with E-state index in [1.807, 2.05) is 0 Å². The van der Waals surface area contributed by atoms with Crippen molar-refractivity contribution in [3.8, 4) is 0 Å². The molecule has 0 atom stereocenters. The van der Waals surface area contributed by atoms with Gasteiger partial charge in [-0.05, 0) is 0 Å². The SMILES string of the molecule is N=O.[CH-]=O.[CH-]=O.[CH-]=O.[Co+3]. The summed E-state index contributed by atoms with van der Waals surface area (Å²) in [5.41, 5.74) is 4.50. The van der Waals surface area contributed by atoms with Gasteiger partial charge in [0.1, 0.15) is 0 Å². The van der Waals surface area contributed by atoms with Crippen LogP contribution < -0.4 is 0 Å². The molecule has 0 aliphatic carbocycles. The molecule has 0 saturated heterocycles. The van der Waals surface area contributed by atoms with Gasteiger partial charge < -0.3 is 14.4 Å². The molecule has 0 aromatic heterocycles. The standard InChI is InChI=1S/3CHO.Co.HNO/c3*1-2;;1-2/h3*1H;;1H/q3*-1;+3;. The molecule has 9 heavy (non-hydrogen) atoms. The zero-order valence-electron chi connectivity index (χ0n) is 4.20. The minimum absolute atomic E-state index is 0. The fraction of sp³-hybridized carbons (Fsp3) is 0. The third-order valence-electron chi connectivity index (χ3n) is 0. The molecule has 5 nitrogen and oxygen atoms in total. The summed E-state index contributed by atoms with van der Waals surface area (Å²) < 4.78 is 0. The molecule has 0 aromatic rings. The molecule has 0 fully saturated rings. The van der Waals surface area contributed by atoms with Crippen LogP contribution >= 0.6 is 0 Å². The van der Waals surface area contributed by atoms with E-state index >= 15 is 0 Å². The van der Waals surface area contributed by atoms with Gasteiger partial charge in [0.15, 0.2) is 0 Å². The summed E-state index contributed by atoms with van der Waals surface area (Å²) in [5.74, 6) is 0. The van der Waals surface area contributed by atoms with Crippen LogP contribution in [0.5, 0.6) is 0 Å². The topological polar surface area (TPSA) is 92.1 Å². The summed E-state index contributed by atoms with van der Waals surface area (Å²) in [6, 6.07) is 0. The van der Waals surface area contributed by atoms with Gasteiger partial charge in [-0.15, -0.1) is 0 Å². The first-order valence-corrected chi connectivity index (χ1v) is 0.911. The van der Waals surface area contributed by atoms with Crippen LogP contribution in [-0.2, 0) is 31.2 Å². The summed E-state index contributed by atoms with van der Waals surface area (Å²) in [6.45, 7) is 9.75. The first kappa shape index (κ1) is 42.3. The fourth-order valence-corrected chi connectivity index (χ4v) is 0. The Morgan fingerprint density at radius 3 is 0.667 bits per heavy atom. The van der Waals surface area contributed by atoms with Crippen molar-refractivity contribution in [2.24, 2.45) is 0 Å². The van der Waals surface area contributed by atoms with E-state index in [1.165, 1.54) is 0 Å². The van der Waals surface area contributed by atoms with Crippen LogP contribution in [0.15, 0.2) is 0 Å². The molecule has 0 heterocycles. The van der Waals surface area contributed by atoms with Crippen molar-refractivity contribution in [3.63, 3.8) is 0 Å². The van der Waals surface area contributed by atoms with Crippen molar-refractivity contribution in [1.29, 1.82) is 5.59 Å². The number of nitroso groups, excluding NO2 is 1. The molecular weight excluding hydrogens is 173 g/mol. The van der Waals surface area contributed by atoms with Gasteiger partial charge in [0, 0.05) is 0 Å². The molecule has 0 rings (SSSR count). The molecule has 0 aliphatic heterocycles. The largest absolute Gasteiger partial charge is 3.00 e. The van der Waals surface area contributed by atoms with Crippen molar-refractivity contribution < 1.29 is 31.2 Å². The van der Waals surface area contributed by atoms with Gasteiger partial charge in [0.25, 0.3) is 0 Å². The maximum atomic E-state index is 7.75. The summed E-state index contributed by atoms with van der Waals surface area (Å²) in [4.78, 5) is 30.8. The molecule has 0 spiro atoms. The molecule has 0 unspecified atom stereocenters. The van der Waals surface area contributed by atoms with Crippen LogP contribution in [0.25, 0.3) is 0 Å². The van der Waals surface area contributed by atoms with Gasteiger partial charge in [0.2, 0.25) is 0 Å². The van der Waals surface area contributed by atoms with E-state index in [9.17, 15) is 0 Å². The fourth-order valence-electron chi connectivity index (χ4n) is 0. The first-order valence-electron chi connectivity index (χ1n) is 0.911. The third-order valence-corrected chi connectivity index (χ3v) is 0. The van der Waals surface area contributed by atoms with Gasteiger partial charge in [-0.25, -0.2) is 0 Å². The van der Waals surface area contributed by atoms with Crippen LogP contribution in [0, 0.1) is 10.5 Å². The summed E-state index contributed by atoms with van der Waals surface area (Å²) >= 11 is 0. The Kier molecular flexibility index (Phi) is 1600. The average molecular weight is 177 g/mol. The van der Waals surface area contributed by atoms with Crippen LogP contribution in [-0.4, -0.2) is 20.4 Å². The molecule has 54 valence electrons. The van der Waals surface area contributed by atoms with E-state index in [4.69, 9.17) is 19.3 Å². The molecule has 0 aliphatic rings. The molecule has 0 bridgehead atoms. The second kappa shape index (κ2) is 341. The Morgan fingerprint density at radius 1 is 0.667 bits per heavy atom. The van der Waals surface area contributed by atoms with Gasteiger partial charge in [-0.2, -0.15) is 4.91 Å². The van der Waals surface area contributed by atoms with Crippen molar-refractivity contribution >= 4 is 20.4 Å². The van der Waals surface area contributed by atoms with Crippen molar-refractivity contribution in [2.75, 3.05) is 0 Å². The molecule has 0 saturated carbocycles. The molecule has 0 radical (unpaired) electrons. The van der Waals surface area contributed by atoms with Gasteiger partial charge in [-0.3, -0.25) is 20.4 Å². The van der Waals surface area contributed by atoms with E-state index in [1.54, 1.807) is 0 Å². The van der Waals surface area contributed by atoms with Crippen LogP contribution in [0.3, 0.4) is 0 Å². The number of carbonyl (C=O) groups excluding carboxylic acids is 3. The van der Waals surface area contributed by atoms with E-state index in [2.05, 4.69) is 26.0 Å². The minimum Gasteiger partial charge on any atom is -0.545 e. The number of hydrogen-bond acceptors (Lipinski definition) is 5. The monoisotopic (exact) mass is 177 g/mol. The average Bonchev–Trinajstić information content (AvgIpc) is 2.03. The minimum atomic E-state index is 0. The van der Waals surface area contributed by atoms with E-state index in [-0.39, 0.29) is 16.8 Å². The molecule has 0 amide bonds. The van der Waals surface area contributed by atoms with Crippen molar-refractivity contribution in [1.82, 2.24) is 0 Å². The first-order chi connectivity index (χ1) is 4.00. The Labute approximate surface area is 62.8 Å². The maximum Gasteiger partial charge on any atom is 3.00 e. The van der Waals surface area contributed by atoms with E-state index in [0.29, 0.717) is 0 Å². The van der Waals surface area contributed by atoms with Crippen molar-refractivity contribution in [2.45, 2.75) is 0 Å². The quantitative estimate of drug-likeness (QED) is 0.307. The Morgan fingerprint density at radius 2 is 0.667 bits per heavy atom. The Hall–Kier alpha value is -0.884. The van der Waals surface area contributed by atoms with Gasteiger partial charge >= 0.3 is 16.8 Å². The zero-order valence-corrected chi connectivity index (χ0v) is 5.24. The second-order valence-corrected chi connectivity index (χ2v) is 0. The summed E-state index contributed by atoms with van der Waals surface area (Å²) in [6.07, 6.45) is 0. The van der Waals surface area contributed by atoms with E-state index < -0.39 is 0 Å². The number of nitrogens with one attached hydrogen (secondary N) is 1. The summed E-state index contributed by atoms with van der Waals surface area (Å²) in [5, 5.41) is 0. The Bertz CT molecular complexity index is 23.8. The smallest absolute Gasteiger partial charge is 0.545 e. The number of hydrogen-bond donors (Lipinski definition) is 1. The van der Waals surface area contributed by atoms with Crippen molar-refractivity contribution in [3.05, 3.63) is 4.91 Å². The van der Waals surface area contributed by atoms with Crippen LogP contribution in [0.2, 0.25) is 0 Å². The van der Waals surface area contributed by atoms with E-state index in [0.717, 1.165) is 0 Å². The predicted molar refractivity (Wildman–Crippen MR) is 26.3 cm³/mol. The number of rotatable bonds is 0. The van der Waals surface area contributed by atoms with Crippen LogP contribution in [0.1, 0.15) is 0 Å². The molecular formula is C3H4CoNO4. The predicted octanol–water partition coefficient (Wildman–Crippen LogP) is -0.493. The molecule has 0 aromatic carbocycles. The van der Waals surface area contributed by atoms with Crippen LogP contribution in [0.4, 0.5) is 0 Å². The second-order valence-electron chi connectivity index (χ2n) is 0.